The summed E-state index contributed by atoms with van der Waals surface area (Å²) in [5.74, 6) is 0. The van der Waals surface area contributed by atoms with E-state index in [4.69, 9.17) is 4.42 Å². The van der Waals surface area contributed by atoms with Gasteiger partial charge >= 0.3 is 0 Å². The predicted molar refractivity (Wildman–Crippen MR) is 205 cm³/mol. The first kappa shape index (κ1) is 27.0. The van der Waals surface area contributed by atoms with Crippen LogP contribution < -0.4 is 0 Å². The van der Waals surface area contributed by atoms with Crippen molar-refractivity contribution in [3.8, 4) is 33.4 Å². The number of fused-ring (bicyclic) bond motifs is 7. The zero-order valence-electron chi connectivity index (χ0n) is 26.5. The van der Waals surface area contributed by atoms with E-state index < -0.39 is 0 Å². The molecule has 0 spiro atoms. The van der Waals surface area contributed by atoms with Crippen LogP contribution in [0, 0.1) is 6.92 Å². The fraction of sp³-hybridized carbons (Fsp3) is 0.0213. The van der Waals surface area contributed by atoms with Crippen LogP contribution in [0.25, 0.3) is 98.4 Å². The molecule has 0 N–H and O–H groups in total. The molecule has 0 radical (unpaired) electrons. The molecule has 0 aliphatic heterocycles. The Morgan fingerprint density at radius 1 is 0.333 bits per heavy atom. The van der Waals surface area contributed by atoms with Gasteiger partial charge in [-0.25, -0.2) is 0 Å². The molecule has 0 saturated heterocycles. The minimum absolute atomic E-state index is 0.901. The second-order valence-electron chi connectivity index (χ2n) is 12.8. The van der Waals surface area contributed by atoms with Crippen LogP contribution in [0.4, 0.5) is 0 Å². The van der Waals surface area contributed by atoms with Crippen molar-refractivity contribution in [1.82, 2.24) is 0 Å². The highest BCUT2D eigenvalue weighted by molar-refractivity contribution is 6.26. The molecule has 224 valence electrons. The Bertz CT molecular complexity index is 2780. The smallest absolute Gasteiger partial charge is 0.136 e. The molecule has 10 aromatic rings. The third-order valence-corrected chi connectivity index (χ3v) is 10.2. The van der Waals surface area contributed by atoms with Crippen LogP contribution in [0.5, 0.6) is 0 Å². The van der Waals surface area contributed by atoms with Crippen LogP contribution in [-0.2, 0) is 0 Å². The number of hydrogen-bond donors (Lipinski definition) is 0. The lowest BCUT2D eigenvalue weighted by Gasteiger charge is -2.18. The van der Waals surface area contributed by atoms with Gasteiger partial charge < -0.3 is 4.42 Å². The van der Waals surface area contributed by atoms with E-state index in [1.807, 2.05) is 0 Å². The van der Waals surface area contributed by atoms with E-state index in [-0.39, 0.29) is 0 Å². The van der Waals surface area contributed by atoms with Gasteiger partial charge in [-0.2, -0.15) is 0 Å². The van der Waals surface area contributed by atoms with Crippen molar-refractivity contribution in [1.29, 1.82) is 0 Å². The van der Waals surface area contributed by atoms with E-state index in [0.29, 0.717) is 0 Å². The van der Waals surface area contributed by atoms with Gasteiger partial charge in [-0.3, -0.25) is 0 Å². The molecule has 1 nitrogen and oxygen atoms in total. The molecule has 0 fully saturated rings. The summed E-state index contributed by atoms with van der Waals surface area (Å²) in [5, 5.41) is 12.4. The summed E-state index contributed by atoms with van der Waals surface area (Å²) < 4.78 is 6.74. The van der Waals surface area contributed by atoms with Crippen molar-refractivity contribution in [2.45, 2.75) is 6.92 Å². The molecule has 0 amide bonds. The minimum Gasteiger partial charge on any atom is -0.456 e. The van der Waals surface area contributed by atoms with E-state index in [2.05, 4.69) is 171 Å². The van der Waals surface area contributed by atoms with Gasteiger partial charge in [0.05, 0.1) is 0 Å². The van der Waals surface area contributed by atoms with Gasteiger partial charge in [-0.15, -0.1) is 0 Å². The molecule has 10 rings (SSSR count). The molecule has 1 heteroatoms. The highest BCUT2D eigenvalue weighted by Gasteiger charge is 2.21. The average Bonchev–Trinajstić information content (AvgIpc) is 3.53. The van der Waals surface area contributed by atoms with E-state index in [1.54, 1.807) is 0 Å². The molecule has 1 aromatic heterocycles. The Morgan fingerprint density at radius 3 is 1.40 bits per heavy atom. The fourth-order valence-corrected chi connectivity index (χ4v) is 8.18. The minimum atomic E-state index is 0.901. The van der Waals surface area contributed by atoms with Crippen LogP contribution in [0.15, 0.2) is 168 Å². The number of rotatable bonds is 3. The van der Waals surface area contributed by atoms with E-state index in [1.165, 1.54) is 82.0 Å². The zero-order chi connectivity index (χ0) is 31.8. The first-order chi connectivity index (χ1) is 23.8. The van der Waals surface area contributed by atoms with Crippen LogP contribution in [-0.4, -0.2) is 0 Å². The monoisotopic (exact) mass is 610 g/mol. The van der Waals surface area contributed by atoms with Gasteiger partial charge in [-0.1, -0.05) is 146 Å². The Kier molecular flexibility index (Phi) is 5.86. The summed E-state index contributed by atoms with van der Waals surface area (Å²) in [5.41, 5.74) is 10.5. The Morgan fingerprint density at radius 2 is 0.812 bits per heavy atom. The molecular formula is C47H30O. The molecule has 0 unspecified atom stereocenters. The van der Waals surface area contributed by atoms with E-state index >= 15 is 0 Å². The standard InChI is InChI=1S/C47H30O/c1-29-32-16-5-7-18-34(32)45(35-19-8-6-17-33(29)35)31-26-27-40-43(28-31)48-42-25-13-24-41(47(40)42)46-38-22-11-9-20-36(38)44(30-14-3-2-4-15-30)37-21-10-12-23-39(37)46/h2-28H,1H3. The van der Waals surface area contributed by atoms with Crippen molar-refractivity contribution >= 4 is 65.0 Å². The normalized spacial score (nSPS) is 11.9. The van der Waals surface area contributed by atoms with Crippen LogP contribution in [0.3, 0.4) is 0 Å². The third-order valence-electron chi connectivity index (χ3n) is 10.2. The SMILES string of the molecule is Cc1c2ccccc2c(-c2ccc3c(c2)oc2cccc(-c4c5ccccc5c(-c5ccccc5)c5ccccc45)c23)c2ccccc12. The average molecular weight is 611 g/mol. The maximum atomic E-state index is 6.74. The van der Waals surface area contributed by atoms with Crippen molar-refractivity contribution < 1.29 is 4.42 Å². The van der Waals surface area contributed by atoms with Crippen LogP contribution >= 0.6 is 0 Å². The van der Waals surface area contributed by atoms with Crippen LogP contribution in [0.1, 0.15) is 5.56 Å². The molecule has 1 heterocycles. The fourth-order valence-electron chi connectivity index (χ4n) is 8.18. The summed E-state index contributed by atoms with van der Waals surface area (Å²) in [6.07, 6.45) is 0. The lowest BCUT2D eigenvalue weighted by Crippen LogP contribution is -1.91. The van der Waals surface area contributed by atoms with Crippen molar-refractivity contribution in [2.75, 3.05) is 0 Å². The van der Waals surface area contributed by atoms with Gasteiger partial charge in [-0.05, 0) is 107 Å². The largest absolute Gasteiger partial charge is 0.456 e. The molecule has 0 saturated carbocycles. The van der Waals surface area contributed by atoms with Gasteiger partial charge in [0.1, 0.15) is 11.2 Å². The maximum absolute atomic E-state index is 6.74. The number of hydrogen-bond acceptors (Lipinski definition) is 1. The molecule has 0 atom stereocenters. The summed E-state index contributed by atoms with van der Waals surface area (Å²) in [6.45, 7) is 2.23. The summed E-state index contributed by atoms with van der Waals surface area (Å²) in [7, 11) is 0. The predicted octanol–water partition coefficient (Wildman–Crippen LogP) is 13.5. The van der Waals surface area contributed by atoms with Crippen molar-refractivity contribution in [3.05, 3.63) is 169 Å². The van der Waals surface area contributed by atoms with Gasteiger partial charge in [0.25, 0.3) is 0 Å². The Balaban J connectivity index is 1.27. The first-order valence-electron chi connectivity index (χ1n) is 16.6. The second-order valence-corrected chi connectivity index (χ2v) is 12.8. The summed E-state index contributed by atoms with van der Waals surface area (Å²) in [6, 6.07) is 59.3. The highest BCUT2D eigenvalue weighted by atomic mass is 16.3. The number of benzene rings is 9. The first-order valence-corrected chi connectivity index (χ1v) is 16.6. The number of aryl methyl sites for hydroxylation is 1. The maximum Gasteiger partial charge on any atom is 0.136 e. The van der Waals surface area contributed by atoms with Gasteiger partial charge in [0.15, 0.2) is 0 Å². The van der Waals surface area contributed by atoms with Crippen molar-refractivity contribution in [2.24, 2.45) is 0 Å². The molecule has 48 heavy (non-hydrogen) atoms. The van der Waals surface area contributed by atoms with E-state index in [0.717, 1.165) is 21.9 Å². The molecular weight excluding hydrogens is 581 g/mol. The summed E-state index contributed by atoms with van der Waals surface area (Å²) >= 11 is 0. The van der Waals surface area contributed by atoms with E-state index in [9.17, 15) is 0 Å². The Hall–Kier alpha value is -6.18. The lowest BCUT2D eigenvalue weighted by molar-refractivity contribution is 0.669. The van der Waals surface area contributed by atoms with Crippen molar-refractivity contribution in [3.63, 3.8) is 0 Å². The second kappa shape index (κ2) is 10.4. The lowest BCUT2D eigenvalue weighted by atomic mass is 9.85. The third kappa shape index (κ3) is 3.85. The molecule has 0 aliphatic rings. The number of furan rings is 1. The highest BCUT2D eigenvalue weighted by Crippen LogP contribution is 2.47. The summed E-state index contributed by atoms with van der Waals surface area (Å²) in [4.78, 5) is 0. The van der Waals surface area contributed by atoms with Gasteiger partial charge in [0, 0.05) is 10.8 Å². The van der Waals surface area contributed by atoms with Crippen LogP contribution in [0.2, 0.25) is 0 Å². The quantitative estimate of drug-likeness (QED) is 0.181. The molecule has 9 aromatic carbocycles. The Labute approximate surface area is 278 Å². The zero-order valence-corrected chi connectivity index (χ0v) is 26.5. The molecule has 0 aliphatic carbocycles. The topological polar surface area (TPSA) is 13.1 Å². The van der Waals surface area contributed by atoms with Gasteiger partial charge in [0.2, 0.25) is 0 Å². The molecule has 0 bridgehead atoms.